The number of hydrogen-bond donors (Lipinski definition) is 1. The van der Waals surface area contributed by atoms with Crippen LogP contribution in [0.15, 0.2) is 18.2 Å². The number of nitrogens with two attached hydrogens (primary N) is 1. The molecule has 20 heavy (non-hydrogen) atoms. The zero-order valence-electron chi connectivity index (χ0n) is 11.3. The Morgan fingerprint density at radius 1 is 1.35 bits per heavy atom. The summed E-state index contributed by atoms with van der Waals surface area (Å²) in [7, 11) is 0. The third-order valence-corrected chi connectivity index (χ3v) is 3.73. The zero-order chi connectivity index (χ0) is 14.9. The Morgan fingerprint density at radius 2 is 1.95 bits per heavy atom. The molecule has 1 aromatic heterocycles. The van der Waals surface area contributed by atoms with Crippen LogP contribution in [-0.2, 0) is 13.0 Å². The minimum atomic E-state index is -0.810. The lowest BCUT2D eigenvalue weighted by Gasteiger charge is -2.15. The molecule has 108 valence electrons. The summed E-state index contributed by atoms with van der Waals surface area (Å²) in [5.74, 6) is -1.29. The van der Waals surface area contributed by atoms with Crippen LogP contribution in [0.3, 0.4) is 0 Å². The summed E-state index contributed by atoms with van der Waals surface area (Å²) in [4.78, 5) is 0. The van der Waals surface area contributed by atoms with Crippen LogP contribution in [0.4, 0.5) is 8.78 Å². The Balaban J connectivity index is 2.35. The summed E-state index contributed by atoms with van der Waals surface area (Å²) in [6, 6.07) is 2.90. The lowest BCUT2D eigenvalue weighted by atomic mass is 10.0. The van der Waals surface area contributed by atoms with Gasteiger partial charge in [-0.3, -0.25) is 4.68 Å². The third-order valence-electron chi connectivity index (χ3n) is 3.24. The van der Waals surface area contributed by atoms with Gasteiger partial charge >= 0.3 is 0 Å². The van der Waals surface area contributed by atoms with Crippen molar-refractivity contribution in [2.45, 2.75) is 32.9 Å². The largest absolute Gasteiger partial charge is 0.323 e. The summed E-state index contributed by atoms with van der Waals surface area (Å²) in [5, 5.41) is 4.76. The number of aryl methyl sites for hydroxylation is 2. The van der Waals surface area contributed by atoms with Gasteiger partial charge in [0.25, 0.3) is 0 Å². The first-order valence-electron chi connectivity index (χ1n) is 6.37. The van der Waals surface area contributed by atoms with Gasteiger partial charge in [-0.1, -0.05) is 17.7 Å². The van der Waals surface area contributed by atoms with Crippen molar-refractivity contribution in [1.82, 2.24) is 9.78 Å². The second kappa shape index (κ2) is 5.89. The normalized spacial score (nSPS) is 12.7. The first kappa shape index (κ1) is 14.9. The highest BCUT2D eigenvalue weighted by atomic mass is 35.5. The second-order valence-electron chi connectivity index (χ2n) is 4.61. The van der Waals surface area contributed by atoms with Crippen LogP contribution in [0.25, 0.3) is 0 Å². The smallest absolute Gasteiger partial charge is 0.130 e. The fourth-order valence-electron chi connectivity index (χ4n) is 2.24. The Bertz CT molecular complexity index is 605. The summed E-state index contributed by atoms with van der Waals surface area (Å²) >= 11 is 6.18. The van der Waals surface area contributed by atoms with Gasteiger partial charge in [0, 0.05) is 24.6 Å². The number of hydrogen-bond acceptors (Lipinski definition) is 2. The predicted octanol–water partition coefficient (Wildman–Crippen LogP) is 3.39. The van der Waals surface area contributed by atoms with Crippen molar-refractivity contribution in [2.75, 3.05) is 0 Å². The molecule has 0 radical (unpaired) electrons. The molecular formula is C14H16ClF2N3. The number of halogens is 3. The van der Waals surface area contributed by atoms with Gasteiger partial charge in [0.15, 0.2) is 0 Å². The number of rotatable bonds is 4. The Hall–Kier alpha value is -1.46. The van der Waals surface area contributed by atoms with Gasteiger partial charge in [-0.05, 0) is 26.0 Å². The molecule has 0 spiro atoms. The van der Waals surface area contributed by atoms with Crippen LogP contribution in [-0.4, -0.2) is 9.78 Å². The average Bonchev–Trinajstić information content (AvgIpc) is 2.66. The fraction of sp³-hybridized carbons (Fsp3) is 0.357. The molecule has 0 aliphatic rings. The van der Waals surface area contributed by atoms with E-state index in [4.69, 9.17) is 17.3 Å². The van der Waals surface area contributed by atoms with E-state index < -0.39 is 17.7 Å². The van der Waals surface area contributed by atoms with E-state index >= 15 is 0 Å². The fourth-order valence-corrected chi connectivity index (χ4v) is 2.45. The van der Waals surface area contributed by atoms with Gasteiger partial charge in [0.1, 0.15) is 11.6 Å². The Labute approximate surface area is 121 Å². The molecule has 1 aromatic carbocycles. The maximum absolute atomic E-state index is 13.7. The molecule has 0 amide bonds. The van der Waals surface area contributed by atoms with Gasteiger partial charge in [-0.2, -0.15) is 5.10 Å². The molecule has 3 nitrogen and oxygen atoms in total. The van der Waals surface area contributed by atoms with Gasteiger partial charge in [0.2, 0.25) is 0 Å². The highest BCUT2D eigenvalue weighted by Crippen LogP contribution is 2.27. The van der Waals surface area contributed by atoms with Crippen molar-refractivity contribution < 1.29 is 8.78 Å². The molecular weight excluding hydrogens is 284 g/mol. The quantitative estimate of drug-likeness (QED) is 0.940. The highest BCUT2D eigenvalue weighted by molar-refractivity contribution is 6.31. The van der Waals surface area contributed by atoms with E-state index in [2.05, 4.69) is 5.10 Å². The van der Waals surface area contributed by atoms with Crippen molar-refractivity contribution >= 4 is 11.6 Å². The Morgan fingerprint density at radius 3 is 2.50 bits per heavy atom. The summed E-state index contributed by atoms with van der Waals surface area (Å²) < 4.78 is 29.1. The van der Waals surface area contributed by atoms with E-state index in [1.807, 2.05) is 6.92 Å². The summed E-state index contributed by atoms with van der Waals surface area (Å²) in [6.45, 7) is 4.32. The molecule has 0 aliphatic heterocycles. The summed E-state index contributed by atoms with van der Waals surface area (Å²) in [5.41, 5.74) is 7.21. The molecule has 6 heteroatoms. The number of aromatic nitrogens is 2. The van der Waals surface area contributed by atoms with E-state index in [0.29, 0.717) is 23.0 Å². The lowest BCUT2D eigenvalue weighted by Crippen LogP contribution is -2.19. The molecule has 2 rings (SSSR count). The molecule has 2 aromatic rings. The molecule has 0 fully saturated rings. The molecule has 1 heterocycles. The maximum Gasteiger partial charge on any atom is 0.130 e. The van der Waals surface area contributed by atoms with Gasteiger partial charge in [-0.15, -0.1) is 0 Å². The van der Waals surface area contributed by atoms with E-state index in [1.165, 1.54) is 18.2 Å². The van der Waals surface area contributed by atoms with E-state index in [0.717, 1.165) is 0 Å². The van der Waals surface area contributed by atoms with E-state index in [1.54, 1.807) is 11.6 Å². The first-order chi connectivity index (χ1) is 9.45. The van der Waals surface area contributed by atoms with Crippen molar-refractivity contribution in [1.29, 1.82) is 0 Å². The zero-order valence-corrected chi connectivity index (χ0v) is 12.1. The average molecular weight is 300 g/mol. The third kappa shape index (κ3) is 2.69. The van der Waals surface area contributed by atoms with Gasteiger partial charge in [0.05, 0.1) is 16.4 Å². The molecule has 0 aliphatic carbocycles. The van der Waals surface area contributed by atoms with Crippen molar-refractivity contribution in [3.63, 3.8) is 0 Å². The highest BCUT2D eigenvalue weighted by Gasteiger charge is 2.21. The van der Waals surface area contributed by atoms with Crippen LogP contribution in [0.1, 0.15) is 29.9 Å². The number of benzene rings is 1. The number of nitrogens with zero attached hydrogens (tertiary/aromatic N) is 2. The van der Waals surface area contributed by atoms with E-state index in [9.17, 15) is 8.78 Å². The molecule has 0 saturated heterocycles. The monoisotopic (exact) mass is 299 g/mol. The van der Waals surface area contributed by atoms with Crippen LogP contribution < -0.4 is 5.73 Å². The van der Waals surface area contributed by atoms with Gasteiger partial charge in [-0.25, -0.2) is 8.78 Å². The first-order valence-corrected chi connectivity index (χ1v) is 6.74. The molecule has 0 saturated carbocycles. The molecule has 2 N–H and O–H groups in total. The van der Waals surface area contributed by atoms with Crippen molar-refractivity contribution in [3.05, 3.63) is 51.8 Å². The lowest BCUT2D eigenvalue weighted by molar-refractivity contribution is 0.513. The van der Waals surface area contributed by atoms with Crippen molar-refractivity contribution in [2.24, 2.45) is 5.73 Å². The Kier molecular flexibility index (Phi) is 4.40. The van der Waals surface area contributed by atoms with E-state index in [-0.39, 0.29) is 12.0 Å². The predicted molar refractivity (Wildman–Crippen MR) is 74.6 cm³/mol. The minimum absolute atomic E-state index is 0.120. The molecule has 1 atom stereocenters. The maximum atomic E-state index is 13.7. The van der Waals surface area contributed by atoms with Crippen LogP contribution >= 0.6 is 11.6 Å². The molecule has 0 bridgehead atoms. The second-order valence-corrected chi connectivity index (χ2v) is 4.99. The van der Waals surface area contributed by atoms with Crippen molar-refractivity contribution in [3.8, 4) is 0 Å². The van der Waals surface area contributed by atoms with Crippen LogP contribution in [0.5, 0.6) is 0 Å². The van der Waals surface area contributed by atoms with Crippen LogP contribution in [0, 0.1) is 18.6 Å². The van der Waals surface area contributed by atoms with Crippen LogP contribution in [0.2, 0.25) is 5.02 Å². The van der Waals surface area contributed by atoms with Gasteiger partial charge < -0.3 is 5.73 Å². The SMILES string of the molecule is CCn1nc(C)c(Cl)c1CC(N)c1c(F)cccc1F. The standard InChI is InChI=1S/C14H16ClF2N3/c1-3-20-12(14(15)8(2)19-20)7-11(18)13-9(16)5-4-6-10(13)17/h4-6,11H,3,7,18H2,1-2H3. The minimum Gasteiger partial charge on any atom is -0.323 e. The molecule has 1 unspecified atom stereocenters. The topological polar surface area (TPSA) is 43.8 Å². The summed E-state index contributed by atoms with van der Waals surface area (Å²) in [6.07, 6.45) is 0.228.